The van der Waals surface area contributed by atoms with Crippen LogP contribution in [0.3, 0.4) is 0 Å². The SMILES string of the molecule is C[C@H]1[C@@H]2CCc3c(O)nc(C4CC4)nc3[C@@]2(C)CCC12OCCO2. The maximum atomic E-state index is 10.5. The highest BCUT2D eigenvalue weighted by atomic mass is 16.7. The van der Waals surface area contributed by atoms with Crippen LogP contribution in [-0.2, 0) is 21.3 Å². The number of ether oxygens (including phenoxy) is 2. The van der Waals surface area contributed by atoms with Gasteiger partial charge < -0.3 is 14.6 Å². The zero-order valence-electron chi connectivity index (χ0n) is 14.5. The first-order valence-corrected chi connectivity index (χ1v) is 9.42. The minimum Gasteiger partial charge on any atom is -0.493 e. The van der Waals surface area contributed by atoms with Crippen LogP contribution in [0.1, 0.15) is 69.0 Å². The fourth-order valence-corrected chi connectivity index (χ4v) is 5.46. The molecule has 2 saturated carbocycles. The van der Waals surface area contributed by atoms with Crippen molar-refractivity contribution in [3.05, 3.63) is 17.1 Å². The van der Waals surface area contributed by atoms with Gasteiger partial charge in [-0.15, -0.1) is 0 Å². The number of fused-ring (bicyclic) bond motifs is 3. The quantitative estimate of drug-likeness (QED) is 0.857. The van der Waals surface area contributed by atoms with Crippen LogP contribution in [0.2, 0.25) is 0 Å². The molecule has 1 saturated heterocycles. The molecule has 1 aromatic rings. The van der Waals surface area contributed by atoms with Gasteiger partial charge in [0.05, 0.1) is 18.9 Å². The van der Waals surface area contributed by atoms with Crippen LogP contribution < -0.4 is 0 Å². The summed E-state index contributed by atoms with van der Waals surface area (Å²) in [4.78, 5) is 9.39. The molecule has 2 heterocycles. The van der Waals surface area contributed by atoms with E-state index < -0.39 is 5.79 Å². The van der Waals surface area contributed by atoms with Crippen molar-refractivity contribution >= 4 is 0 Å². The van der Waals surface area contributed by atoms with Crippen molar-refractivity contribution in [2.45, 2.75) is 69.5 Å². The molecule has 3 aliphatic carbocycles. The van der Waals surface area contributed by atoms with Gasteiger partial charge in [-0.3, -0.25) is 0 Å². The van der Waals surface area contributed by atoms with Gasteiger partial charge >= 0.3 is 0 Å². The molecule has 130 valence electrons. The number of aromatic nitrogens is 2. The topological polar surface area (TPSA) is 64.5 Å². The van der Waals surface area contributed by atoms with E-state index in [4.69, 9.17) is 14.5 Å². The Bertz CT molecular complexity index is 681. The summed E-state index contributed by atoms with van der Waals surface area (Å²) >= 11 is 0. The lowest BCUT2D eigenvalue weighted by atomic mass is 9.55. The average Bonchev–Trinajstić information content (AvgIpc) is 3.31. The monoisotopic (exact) mass is 330 g/mol. The maximum absolute atomic E-state index is 10.5. The largest absolute Gasteiger partial charge is 0.493 e. The van der Waals surface area contributed by atoms with Crippen molar-refractivity contribution in [2.75, 3.05) is 13.2 Å². The molecule has 0 radical (unpaired) electrons. The lowest BCUT2D eigenvalue weighted by Gasteiger charge is -2.54. The molecule has 5 rings (SSSR count). The highest BCUT2D eigenvalue weighted by molar-refractivity contribution is 5.40. The van der Waals surface area contributed by atoms with E-state index in [1.165, 1.54) is 0 Å². The third kappa shape index (κ3) is 1.94. The second-order valence-electron chi connectivity index (χ2n) is 8.37. The first kappa shape index (κ1) is 15.1. The van der Waals surface area contributed by atoms with Crippen LogP contribution in [0, 0.1) is 11.8 Å². The van der Waals surface area contributed by atoms with E-state index in [1.54, 1.807) is 0 Å². The third-order valence-electron chi connectivity index (χ3n) is 7.08. The van der Waals surface area contributed by atoms with Crippen molar-refractivity contribution in [3.63, 3.8) is 0 Å². The van der Waals surface area contributed by atoms with E-state index in [0.717, 1.165) is 55.6 Å². The lowest BCUT2D eigenvalue weighted by Crippen LogP contribution is -2.55. The Labute approximate surface area is 142 Å². The molecule has 3 fully saturated rings. The highest BCUT2D eigenvalue weighted by Crippen LogP contribution is 2.57. The Balaban J connectivity index is 1.58. The van der Waals surface area contributed by atoms with Crippen LogP contribution >= 0.6 is 0 Å². The molecule has 5 heteroatoms. The molecule has 5 nitrogen and oxygen atoms in total. The Kier molecular flexibility index (Phi) is 3.09. The number of aromatic hydroxyl groups is 1. The van der Waals surface area contributed by atoms with E-state index in [-0.39, 0.29) is 11.3 Å². The molecule has 1 N–H and O–H groups in total. The van der Waals surface area contributed by atoms with Crippen molar-refractivity contribution in [1.29, 1.82) is 0 Å². The van der Waals surface area contributed by atoms with E-state index in [9.17, 15) is 5.11 Å². The summed E-state index contributed by atoms with van der Waals surface area (Å²) in [5, 5.41) is 10.5. The maximum Gasteiger partial charge on any atom is 0.217 e. The molecule has 0 amide bonds. The molecular formula is C19H26N2O3. The van der Waals surface area contributed by atoms with Crippen LogP contribution in [0.15, 0.2) is 0 Å². The molecule has 1 aliphatic heterocycles. The van der Waals surface area contributed by atoms with Crippen LogP contribution in [-0.4, -0.2) is 34.1 Å². The molecule has 0 bridgehead atoms. The molecule has 1 aromatic heterocycles. The van der Waals surface area contributed by atoms with Crippen molar-refractivity contribution in [2.24, 2.45) is 11.8 Å². The molecule has 1 spiro atoms. The summed E-state index contributed by atoms with van der Waals surface area (Å²) in [5.74, 6) is 1.96. The molecule has 4 aliphatic rings. The van der Waals surface area contributed by atoms with Gasteiger partial charge in [0, 0.05) is 29.2 Å². The van der Waals surface area contributed by atoms with Crippen LogP contribution in [0.5, 0.6) is 5.88 Å². The standard InChI is InChI=1S/C19H26N2O3/c1-11-14-6-5-13-15(20-16(12-3-4-12)21-17(13)22)18(14,2)7-8-19(11)23-9-10-24-19/h11-12,14H,3-10H2,1-2H3,(H,20,21,22)/t11-,14-,18-/m0/s1. The third-order valence-corrected chi connectivity index (χ3v) is 7.08. The van der Waals surface area contributed by atoms with Gasteiger partial charge in [0.15, 0.2) is 5.79 Å². The van der Waals surface area contributed by atoms with E-state index in [2.05, 4.69) is 18.8 Å². The smallest absolute Gasteiger partial charge is 0.217 e. The summed E-state index contributed by atoms with van der Waals surface area (Å²) in [5.41, 5.74) is 2.07. The normalized spacial score (nSPS) is 37.2. The Morgan fingerprint density at radius 2 is 1.83 bits per heavy atom. The zero-order valence-corrected chi connectivity index (χ0v) is 14.5. The van der Waals surface area contributed by atoms with Gasteiger partial charge in [0.1, 0.15) is 5.82 Å². The first-order valence-electron chi connectivity index (χ1n) is 9.42. The molecule has 24 heavy (non-hydrogen) atoms. The predicted octanol–water partition coefficient (Wildman–Crippen LogP) is 3.05. The minimum atomic E-state index is -0.393. The average molecular weight is 330 g/mol. The summed E-state index contributed by atoms with van der Waals surface area (Å²) in [6, 6.07) is 0. The number of hydrogen-bond acceptors (Lipinski definition) is 5. The zero-order chi connectivity index (χ0) is 16.5. The van der Waals surface area contributed by atoms with Gasteiger partial charge in [-0.1, -0.05) is 13.8 Å². The fraction of sp³-hybridized carbons (Fsp3) is 0.789. The number of nitrogens with zero attached hydrogens (tertiary/aromatic N) is 2. The Hall–Kier alpha value is -1.20. The fourth-order valence-electron chi connectivity index (χ4n) is 5.46. The minimum absolute atomic E-state index is 0.0163. The molecule has 3 atom stereocenters. The van der Waals surface area contributed by atoms with Gasteiger partial charge in [-0.2, -0.15) is 4.98 Å². The van der Waals surface area contributed by atoms with Gasteiger partial charge in [-0.25, -0.2) is 4.98 Å². The molecule has 0 unspecified atom stereocenters. The van der Waals surface area contributed by atoms with E-state index in [0.29, 0.717) is 31.0 Å². The van der Waals surface area contributed by atoms with Crippen molar-refractivity contribution in [3.8, 4) is 5.88 Å². The van der Waals surface area contributed by atoms with Gasteiger partial charge in [0.25, 0.3) is 0 Å². The van der Waals surface area contributed by atoms with Crippen LogP contribution in [0.25, 0.3) is 0 Å². The van der Waals surface area contributed by atoms with Gasteiger partial charge in [-0.05, 0) is 38.0 Å². The van der Waals surface area contributed by atoms with E-state index in [1.807, 2.05) is 0 Å². The first-order chi connectivity index (χ1) is 11.5. The van der Waals surface area contributed by atoms with Crippen LogP contribution in [0.4, 0.5) is 0 Å². The number of hydrogen-bond donors (Lipinski definition) is 1. The molecular weight excluding hydrogens is 304 g/mol. The Morgan fingerprint density at radius 3 is 2.54 bits per heavy atom. The predicted molar refractivity (Wildman–Crippen MR) is 87.9 cm³/mol. The van der Waals surface area contributed by atoms with Crippen molar-refractivity contribution in [1.82, 2.24) is 9.97 Å². The van der Waals surface area contributed by atoms with E-state index >= 15 is 0 Å². The lowest BCUT2D eigenvalue weighted by molar-refractivity contribution is -0.234. The summed E-state index contributed by atoms with van der Waals surface area (Å²) < 4.78 is 12.1. The second-order valence-corrected chi connectivity index (χ2v) is 8.37. The number of rotatable bonds is 1. The highest BCUT2D eigenvalue weighted by Gasteiger charge is 2.58. The summed E-state index contributed by atoms with van der Waals surface area (Å²) in [7, 11) is 0. The van der Waals surface area contributed by atoms with Crippen molar-refractivity contribution < 1.29 is 14.6 Å². The summed E-state index contributed by atoms with van der Waals surface area (Å²) in [6.45, 7) is 6.02. The summed E-state index contributed by atoms with van der Waals surface area (Å²) in [6.07, 6.45) is 6.10. The molecule has 0 aromatic carbocycles. The Morgan fingerprint density at radius 1 is 1.08 bits per heavy atom. The second kappa shape index (κ2) is 4.92. The van der Waals surface area contributed by atoms with Gasteiger partial charge in [0.2, 0.25) is 5.88 Å².